The molecule has 0 aliphatic carbocycles. The van der Waals surface area contributed by atoms with Gasteiger partial charge in [0.15, 0.2) is 0 Å². The Morgan fingerprint density at radius 3 is 1.81 bits per heavy atom. The maximum atomic E-state index is 12.9. The monoisotopic (exact) mass is 560 g/mol. The molecule has 0 fully saturated rings. The van der Waals surface area contributed by atoms with Gasteiger partial charge in [-0.2, -0.15) is 25.3 Å². The van der Waals surface area contributed by atoms with Crippen LogP contribution in [0.3, 0.4) is 0 Å². The number of nitrogens with one attached hydrogen (secondary N) is 1. The lowest BCUT2D eigenvalue weighted by atomic mass is 10.1. The first-order valence-corrected chi connectivity index (χ1v) is 13.6. The standard InChI is InChI=1S/C19H16N2O12S3/c1-33-19(23)11-2-10(3-12(20)4-11)18(22)21-15-7-13(34(24,25)26)5-9-6-14(35(27,28)29)8-16(17(9)15)36(30,31)32/h2-8H,20H2,1H3,(H,21,22)(H,24,25,26)(H,27,28,29)(H,30,31,32). The number of esters is 1. The second-order valence-corrected chi connectivity index (χ2v) is 11.4. The normalized spacial score (nSPS) is 12.3. The number of hydrogen-bond acceptors (Lipinski definition) is 10. The van der Waals surface area contributed by atoms with Crippen LogP contribution in [-0.2, 0) is 35.1 Å². The van der Waals surface area contributed by atoms with Crippen molar-refractivity contribution in [2.24, 2.45) is 0 Å². The highest BCUT2D eigenvalue weighted by molar-refractivity contribution is 7.87. The van der Waals surface area contributed by atoms with E-state index in [0.717, 1.165) is 19.2 Å². The average molecular weight is 561 g/mol. The van der Waals surface area contributed by atoms with Crippen molar-refractivity contribution in [2.75, 3.05) is 18.2 Å². The number of carbonyl (C=O) groups is 2. The summed E-state index contributed by atoms with van der Waals surface area (Å²) in [6, 6.07) is 5.71. The molecule has 0 saturated heterocycles. The van der Waals surface area contributed by atoms with Crippen molar-refractivity contribution in [1.29, 1.82) is 0 Å². The van der Waals surface area contributed by atoms with E-state index in [1.165, 1.54) is 6.07 Å². The minimum absolute atomic E-state index is 0.0454. The molecule has 0 atom stereocenters. The van der Waals surface area contributed by atoms with Crippen LogP contribution in [0.15, 0.2) is 57.2 Å². The summed E-state index contributed by atoms with van der Waals surface area (Å²) >= 11 is 0. The van der Waals surface area contributed by atoms with Crippen molar-refractivity contribution >= 4 is 64.4 Å². The van der Waals surface area contributed by atoms with Crippen LogP contribution in [0.1, 0.15) is 20.7 Å². The van der Waals surface area contributed by atoms with E-state index in [0.29, 0.717) is 24.3 Å². The molecule has 0 unspecified atom stereocenters. The number of methoxy groups -OCH3 is 1. The lowest BCUT2D eigenvalue weighted by Crippen LogP contribution is -2.16. The van der Waals surface area contributed by atoms with E-state index in [1.807, 2.05) is 0 Å². The van der Waals surface area contributed by atoms with Gasteiger partial charge in [0.25, 0.3) is 36.3 Å². The molecule has 36 heavy (non-hydrogen) atoms. The fraction of sp³-hybridized carbons (Fsp3) is 0.0526. The van der Waals surface area contributed by atoms with E-state index in [2.05, 4.69) is 10.1 Å². The number of hydrogen-bond donors (Lipinski definition) is 5. The zero-order valence-electron chi connectivity index (χ0n) is 17.9. The third-order valence-electron chi connectivity index (χ3n) is 4.72. The first-order chi connectivity index (χ1) is 16.4. The van der Waals surface area contributed by atoms with Gasteiger partial charge in [-0.25, -0.2) is 4.79 Å². The molecule has 0 aliphatic rings. The van der Waals surface area contributed by atoms with Gasteiger partial charge in [-0.3, -0.25) is 18.5 Å². The topological polar surface area (TPSA) is 245 Å². The van der Waals surface area contributed by atoms with Gasteiger partial charge in [-0.05, 0) is 47.9 Å². The van der Waals surface area contributed by atoms with Crippen LogP contribution in [0.2, 0.25) is 0 Å². The Bertz CT molecular complexity index is 1760. The molecule has 0 saturated carbocycles. The first-order valence-electron chi connectivity index (χ1n) is 9.26. The molecule has 17 heteroatoms. The zero-order chi connectivity index (χ0) is 27.2. The molecular weight excluding hydrogens is 544 g/mol. The number of carbonyl (C=O) groups excluding carboxylic acids is 2. The van der Waals surface area contributed by atoms with Gasteiger partial charge >= 0.3 is 5.97 Å². The van der Waals surface area contributed by atoms with Crippen molar-refractivity contribution in [3.63, 3.8) is 0 Å². The van der Waals surface area contributed by atoms with Gasteiger partial charge < -0.3 is 15.8 Å². The van der Waals surface area contributed by atoms with Crippen LogP contribution in [0.5, 0.6) is 0 Å². The fourth-order valence-electron chi connectivity index (χ4n) is 3.23. The number of fused-ring (bicyclic) bond motifs is 1. The number of nitrogen functional groups attached to an aromatic ring is 1. The van der Waals surface area contributed by atoms with E-state index >= 15 is 0 Å². The molecule has 0 aromatic heterocycles. The van der Waals surface area contributed by atoms with Crippen LogP contribution in [0.4, 0.5) is 11.4 Å². The first kappa shape index (κ1) is 27.0. The SMILES string of the molecule is COC(=O)c1cc(N)cc(C(=O)Nc2cc(S(=O)(=O)O)cc3cc(S(=O)(=O)O)cc(S(=O)(=O)O)c23)c1. The van der Waals surface area contributed by atoms with Gasteiger partial charge in [0.1, 0.15) is 4.90 Å². The molecule has 0 spiro atoms. The second kappa shape index (κ2) is 9.12. The van der Waals surface area contributed by atoms with Gasteiger partial charge in [-0.15, -0.1) is 0 Å². The van der Waals surface area contributed by atoms with Gasteiger partial charge in [-0.1, -0.05) is 0 Å². The molecule has 0 bridgehead atoms. The quantitative estimate of drug-likeness (QED) is 0.162. The van der Waals surface area contributed by atoms with E-state index in [4.69, 9.17) is 5.73 Å². The van der Waals surface area contributed by atoms with Crippen molar-refractivity contribution in [3.05, 3.63) is 53.6 Å². The molecule has 14 nitrogen and oxygen atoms in total. The number of rotatable bonds is 6. The van der Waals surface area contributed by atoms with Crippen molar-refractivity contribution in [1.82, 2.24) is 0 Å². The number of benzene rings is 3. The summed E-state index contributed by atoms with van der Waals surface area (Å²) in [5.41, 5.74) is 4.66. The third-order valence-corrected chi connectivity index (χ3v) is 7.26. The molecular formula is C19H16N2O12S3. The predicted molar refractivity (Wildman–Crippen MR) is 124 cm³/mol. The van der Waals surface area contributed by atoms with Crippen molar-refractivity contribution in [3.8, 4) is 0 Å². The summed E-state index contributed by atoms with van der Waals surface area (Å²) in [6.07, 6.45) is 0. The average Bonchev–Trinajstić information content (AvgIpc) is 2.75. The summed E-state index contributed by atoms with van der Waals surface area (Å²) in [4.78, 5) is 21.7. The summed E-state index contributed by atoms with van der Waals surface area (Å²) in [5.74, 6) is -1.90. The molecule has 0 heterocycles. The van der Waals surface area contributed by atoms with Crippen molar-refractivity contribution in [2.45, 2.75) is 14.7 Å². The van der Waals surface area contributed by atoms with Crippen LogP contribution >= 0.6 is 0 Å². The van der Waals surface area contributed by atoms with Crippen molar-refractivity contribution < 1.29 is 53.2 Å². The van der Waals surface area contributed by atoms with Crippen LogP contribution in [-0.4, -0.2) is 57.9 Å². The summed E-state index contributed by atoms with van der Waals surface area (Å²) < 4.78 is 104. The van der Waals surface area contributed by atoms with Crippen LogP contribution in [0.25, 0.3) is 10.8 Å². The summed E-state index contributed by atoms with van der Waals surface area (Å²) in [6.45, 7) is 0. The molecule has 3 aromatic rings. The van der Waals surface area contributed by atoms with Gasteiger partial charge in [0.2, 0.25) is 0 Å². The Morgan fingerprint density at radius 2 is 1.31 bits per heavy atom. The Balaban J connectivity index is 2.35. The van der Waals surface area contributed by atoms with Crippen LogP contribution < -0.4 is 11.1 Å². The fourth-order valence-corrected chi connectivity index (χ4v) is 5.16. The minimum Gasteiger partial charge on any atom is -0.465 e. The maximum Gasteiger partial charge on any atom is 0.337 e. The summed E-state index contributed by atoms with van der Waals surface area (Å²) in [7, 11) is -14.2. The predicted octanol–water partition coefficient (Wildman–Crippen LogP) is 1.20. The number of ether oxygens (including phenoxy) is 1. The molecule has 3 aromatic carbocycles. The van der Waals surface area contributed by atoms with Gasteiger partial charge in [0, 0.05) is 16.6 Å². The Kier molecular flexibility index (Phi) is 6.83. The molecule has 1 amide bonds. The van der Waals surface area contributed by atoms with E-state index in [1.54, 1.807) is 0 Å². The largest absolute Gasteiger partial charge is 0.465 e. The molecule has 0 radical (unpaired) electrons. The van der Waals surface area contributed by atoms with E-state index in [9.17, 15) is 48.5 Å². The smallest absolute Gasteiger partial charge is 0.337 e. The third kappa shape index (κ3) is 5.61. The lowest BCUT2D eigenvalue weighted by molar-refractivity contribution is 0.0600. The summed E-state index contributed by atoms with van der Waals surface area (Å²) in [5, 5.41) is 1.10. The van der Waals surface area contributed by atoms with Crippen LogP contribution in [0, 0.1) is 0 Å². The molecule has 6 N–H and O–H groups in total. The highest BCUT2D eigenvalue weighted by Gasteiger charge is 2.26. The zero-order valence-corrected chi connectivity index (χ0v) is 20.3. The number of nitrogens with two attached hydrogens (primary N) is 1. The van der Waals surface area contributed by atoms with E-state index in [-0.39, 0.29) is 16.8 Å². The Morgan fingerprint density at radius 1 is 0.778 bits per heavy atom. The van der Waals surface area contributed by atoms with E-state index < -0.39 is 73.4 Å². The highest BCUT2D eigenvalue weighted by Crippen LogP contribution is 2.35. The number of anilines is 2. The molecule has 0 aliphatic heterocycles. The molecule has 3 rings (SSSR count). The Hall–Kier alpha value is -3.61. The minimum atomic E-state index is -5.23. The second-order valence-electron chi connectivity index (χ2n) is 7.20. The number of amides is 1. The maximum absolute atomic E-state index is 12.9. The van der Waals surface area contributed by atoms with Gasteiger partial charge in [0.05, 0.1) is 28.2 Å². The molecule has 192 valence electrons. The lowest BCUT2D eigenvalue weighted by Gasteiger charge is -2.15. The highest BCUT2D eigenvalue weighted by atomic mass is 32.2. The Labute approximate surface area is 203 Å².